The van der Waals surface area contributed by atoms with Crippen LogP contribution in [0, 0.1) is 0 Å². The fraction of sp³-hybridized carbons (Fsp3) is 0.875. The summed E-state index contributed by atoms with van der Waals surface area (Å²) in [6.45, 7) is 5.64. The lowest BCUT2D eigenvalue weighted by atomic mass is 10.3. The van der Waals surface area contributed by atoms with E-state index in [0.29, 0.717) is 6.04 Å². The molecule has 0 N–H and O–H groups in total. The van der Waals surface area contributed by atoms with Crippen LogP contribution in [0.3, 0.4) is 0 Å². The van der Waals surface area contributed by atoms with E-state index >= 15 is 0 Å². The fourth-order valence-corrected chi connectivity index (χ4v) is 1.48. The van der Waals surface area contributed by atoms with Crippen molar-refractivity contribution in [2.24, 2.45) is 4.99 Å². The van der Waals surface area contributed by atoms with Crippen molar-refractivity contribution in [3.63, 3.8) is 0 Å². The molecule has 0 aliphatic carbocycles. The van der Waals surface area contributed by atoms with Crippen LogP contribution in [0.2, 0.25) is 0 Å². The quantitative estimate of drug-likeness (QED) is 0.539. The average molecular weight is 140 g/mol. The Hall–Kier alpha value is -0.530. The molecule has 0 radical (unpaired) electrons. The molecule has 0 amide bonds. The van der Waals surface area contributed by atoms with Crippen molar-refractivity contribution >= 4 is 5.84 Å². The van der Waals surface area contributed by atoms with Gasteiger partial charge < -0.3 is 4.90 Å². The summed E-state index contributed by atoms with van der Waals surface area (Å²) in [6, 6.07) is 0.626. The smallest absolute Gasteiger partial charge is 0.0988 e. The third-order valence-corrected chi connectivity index (χ3v) is 2.01. The van der Waals surface area contributed by atoms with Gasteiger partial charge in [0.2, 0.25) is 0 Å². The zero-order valence-corrected chi connectivity index (χ0v) is 7.09. The van der Waals surface area contributed by atoms with Crippen molar-refractivity contribution < 1.29 is 0 Å². The molecule has 0 unspecified atom stereocenters. The highest BCUT2D eigenvalue weighted by molar-refractivity contribution is 5.84. The van der Waals surface area contributed by atoms with Crippen LogP contribution in [-0.4, -0.2) is 30.4 Å². The van der Waals surface area contributed by atoms with E-state index in [1.807, 2.05) is 7.05 Å². The van der Waals surface area contributed by atoms with E-state index in [1.54, 1.807) is 0 Å². The van der Waals surface area contributed by atoms with E-state index in [-0.39, 0.29) is 0 Å². The SMILES string of the molecule is CN=C1CCCN1C(C)C. The molecule has 0 spiro atoms. The van der Waals surface area contributed by atoms with Crippen LogP contribution in [-0.2, 0) is 0 Å². The van der Waals surface area contributed by atoms with Gasteiger partial charge in [-0.25, -0.2) is 0 Å². The van der Waals surface area contributed by atoms with E-state index in [1.165, 1.54) is 25.2 Å². The Morgan fingerprint density at radius 1 is 1.50 bits per heavy atom. The molecular formula is C8H16N2. The molecule has 0 atom stereocenters. The molecule has 2 heteroatoms. The Morgan fingerprint density at radius 3 is 2.60 bits per heavy atom. The van der Waals surface area contributed by atoms with E-state index < -0.39 is 0 Å². The minimum absolute atomic E-state index is 0.626. The van der Waals surface area contributed by atoms with Gasteiger partial charge in [-0.05, 0) is 20.3 Å². The zero-order valence-electron chi connectivity index (χ0n) is 7.09. The minimum Gasteiger partial charge on any atom is -0.358 e. The van der Waals surface area contributed by atoms with Gasteiger partial charge in [-0.15, -0.1) is 0 Å². The van der Waals surface area contributed by atoms with Gasteiger partial charge in [0.15, 0.2) is 0 Å². The first kappa shape index (κ1) is 7.58. The monoisotopic (exact) mass is 140 g/mol. The number of aliphatic imine (C=N–C) groups is 1. The lowest BCUT2D eigenvalue weighted by Crippen LogP contribution is -2.31. The Morgan fingerprint density at radius 2 is 2.20 bits per heavy atom. The Balaban J connectivity index is 2.59. The summed E-state index contributed by atoms with van der Waals surface area (Å²) < 4.78 is 0. The number of hydrogen-bond acceptors (Lipinski definition) is 1. The van der Waals surface area contributed by atoms with Crippen molar-refractivity contribution in [3.8, 4) is 0 Å². The van der Waals surface area contributed by atoms with Gasteiger partial charge in [0.25, 0.3) is 0 Å². The summed E-state index contributed by atoms with van der Waals surface area (Å²) in [4.78, 5) is 6.61. The summed E-state index contributed by atoms with van der Waals surface area (Å²) in [5.74, 6) is 1.29. The number of likely N-dealkylation sites (tertiary alicyclic amines) is 1. The van der Waals surface area contributed by atoms with Gasteiger partial charge in [0.1, 0.15) is 0 Å². The van der Waals surface area contributed by atoms with Crippen LogP contribution < -0.4 is 0 Å². The molecule has 0 aromatic rings. The zero-order chi connectivity index (χ0) is 7.56. The first-order valence-corrected chi connectivity index (χ1v) is 3.98. The van der Waals surface area contributed by atoms with Gasteiger partial charge in [0, 0.05) is 26.1 Å². The van der Waals surface area contributed by atoms with Crippen molar-refractivity contribution in [2.45, 2.75) is 32.7 Å². The highest BCUT2D eigenvalue weighted by Crippen LogP contribution is 2.13. The highest BCUT2D eigenvalue weighted by atomic mass is 15.2. The molecule has 1 heterocycles. The van der Waals surface area contributed by atoms with Crippen LogP contribution in [0.4, 0.5) is 0 Å². The Bertz CT molecular complexity index is 138. The first-order chi connectivity index (χ1) is 4.75. The normalized spacial score (nSPS) is 23.2. The molecule has 10 heavy (non-hydrogen) atoms. The second-order valence-electron chi connectivity index (χ2n) is 3.03. The summed E-state index contributed by atoms with van der Waals surface area (Å²) in [5.41, 5.74) is 0. The number of amidine groups is 1. The Kier molecular flexibility index (Phi) is 2.30. The minimum atomic E-state index is 0.626. The molecule has 0 aromatic heterocycles. The van der Waals surface area contributed by atoms with Gasteiger partial charge in [-0.3, -0.25) is 4.99 Å². The van der Waals surface area contributed by atoms with E-state index in [4.69, 9.17) is 0 Å². The maximum Gasteiger partial charge on any atom is 0.0988 e. The molecule has 1 aliphatic heterocycles. The average Bonchev–Trinajstić information content (AvgIpc) is 2.33. The van der Waals surface area contributed by atoms with Crippen molar-refractivity contribution in [3.05, 3.63) is 0 Å². The van der Waals surface area contributed by atoms with Gasteiger partial charge >= 0.3 is 0 Å². The summed E-state index contributed by atoms with van der Waals surface area (Å²) in [7, 11) is 1.88. The molecule has 1 saturated heterocycles. The molecule has 1 fully saturated rings. The fourth-order valence-electron chi connectivity index (χ4n) is 1.48. The van der Waals surface area contributed by atoms with Crippen LogP contribution in [0.5, 0.6) is 0 Å². The first-order valence-electron chi connectivity index (χ1n) is 3.98. The highest BCUT2D eigenvalue weighted by Gasteiger charge is 2.19. The number of nitrogens with zero attached hydrogens (tertiary/aromatic N) is 2. The lowest BCUT2D eigenvalue weighted by Gasteiger charge is -2.22. The molecule has 58 valence electrons. The molecule has 0 saturated carbocycles. The van der Waals surface area contributed by atoms with Gasteiger partial charge in [-0.2, -0.15) is 0 Å². The summed E-state index contributed by atoms with van der Waals surface area (Å²) >= 11 is 0. The van der Waals surface area contributed by atoms with Crippen LogP contribution >= 0.6 is 0 Å². The van der Waals surface area contributed by atoms with Crippen molar-refractivity contribution in [2.75, 3.05) is 13.6 Å². The van der Waals surface area contributed by atoms with E-state index in [2.05, 4.69) is 23.7 Å². The van der Waals surface area contributed by atoms with E-state index in [9.17, 15) is 0 Å². The number of rotatable bonds is 1. The lowest BCUT2D eigenvalue weighted by molar-refractivity contribution is 0.377. The molecular weight excluding hydrogens is 124 g/mol. The molecule has 1 rings (SSSR count). The van der Waals surface area contributed by atoms with Crippen molar-refractivity contribution in [1.29, 1.82) is 0 Å². The van der Waals surface area contributed by atoms with Gasteiger partial charge in [0.05, 0.1) is 5.84 Å². The molecule has 0 bridgehead atoms. The van der Waals surface area contributed by atoms with Crippen LogP contribution in [0.25, 0.3) is 0 Å². The third kappa shape index (κ3) is 1.31. The predicted octanol–water partition coefficient (Wildman–Crippen LogP) is 1.52. The second kappa shape index (κ2) is 3.04. The topological polar surface area (TPSA) is 15.6 Å². The van der Waals surface area contributed by atoms with E-state index in [0.717, 1.165) is 0 Å². The van der Waals surface area contributed by atoms with Crippen LogP contribution in [0.1, 0.15) is 26.7 Å². The molecule has 0 aromatic carbocycles. The summed E-state index contributed by atoms with van der Waals surface area (Å²) in [5, 5.41) is 0. The standard InChI is InChI=1S/C8H16N2/c1-7(2)10-6-4-5-8(10)9-3/h7H,4-6H2,1-3H3. The Labute approximate surface area is 62.9 Å². The van der Waals surface area contributed by atoms with Crippen LogP contribution in [0.15, 0.2) is 4.99 Å². The van der Waals surface area contributed by atoms with Crippen molar-refractivity contribution in [1.82, 2.24) is 4.90 Å². The summed E-state index contributed by atoms with van der Waals surface area (Å²) in [6.07, 6.45) is 2.46. The van der Waals surface area contributed by atoms with Gasteiger partial charge in [-0.1, -0.05) is 0 Å². The maximum absolute atomic E-state index is 4.23. The predicted molar refractivity (Wildman–Crippen MR) is 44.4 cm³/mol. The largest absolute Gasteiger partial charge is 0.358 e. The second-order valence-corrected chi connectivity index (χ2v) is 3.03. The molecule has 2 nitrogen and oxygen atoms in total. The number of hydrogen-bond donors (Lipinski definition) is 0. The maximum atomic E-state index is 4.23. The molecule has 1 aliphatic rings. The third-order valence-electron chi connectivity index (χ3n) is 2.01.